The molecular formula is C33H50F4N2O3S. The monoisotopic (exact) mass is 630 g/mol. The summed E-state index contributed by atoms with van der Waals surface area (Å²) in [6.07, 6.45) is 23.3. The number of benzene rings is 1. The van der Waals surface area contributed by atoms with Crippen molar-refractivity contribution in [2.24, 2.45) is 0 Å². The van der Waals surface area contributed by atoms with E-state index in [4.69, 9.17) is 5.11 Å². The number of amides is 1. The number of hydrogen-bond donors (Lipinski definition) is 3. The van der Waals surface area contributed by atoms with E-state index in [9.17, 15) is 27.2 Å². The van der Waals surface area contributed by atoms with Crippen molar-refractivity contribution in [3.05, 3.63) is 41.5 Å². The van der Waals surface area contributed by atoms with Crippen LogP contribution in [0.25, 0.3) is 0 Å². The molecule has 2 saturated carbocycles. The zero-order chi connectivity index (χ0) is 31.5. The Kier molecular flexibility index (Phi) is 18.6. The van der Waals surface area contributed by atoms with Crippen molar-refractivity contribution >= 4 is 23.6 Å². The van der Waals surface area contributed by atoms with E-state index in [-0.39, 0.29) is 37.0 Å². The van der Waals surface area contributed by atoms with Gasteiger partial charge in [-0.05, 0) is 44.9 Å². The highest BCUT2D eigenvalue weighted by Crippen LogP contribution is 2.30. The third-order valence-corrected chi connectivity index (χ3v) is 9.16. The number of carbonyl (C=O) groups is 2. The van der Waals surface area contributed by atoms with Gasteiger partial charge in [0.1, 0.15) is 0 Å². The molecule has 1 aromatic carbocycles. The minimum absolute atomic E-state index is 0.00976. The third-order valence-electron chi connectivity index (χ3n) is 7.95. The Hall–Kier alpha value is -2.07. The van der Waals surface area contributed by atoms with Gasteiger partial charge in [-0.15, -0.1) is 11.8 Å². The molecule has 10 heteroatoms. The first-order valence-electron chi connectivity index (χ1n) is 16.1. The summed E-state index contributed by atoms with van der Waals surface area (Å²) in [5.74, 6) is -7.70. The number of hydrogen-bond acceptors (Lipinski definition) is 4. The summed E-state index contributed by atoms with van der Waals surface area (Å²) in [6.45, 7) is 2.12. The molecule has 1 atom stereocenters. The van der Waals surface area contributed by atoms with Gasteiger partial charge in [-0.3, -0.25) is 9.59 Å². The third kappa shape index (κ3) is 15.5. The molecule has 2 aliphatic rings. The van der Waals surface area contributed by atoms with Crippen LogP contribution in [0, 0.1) is 23.3 Å². The fraction of sp³-hybridized carbons (Fsp3) is 0.697. The van der Waals surface area contributed by atoms with Crippen LogP contribution < -0.4 is 10.6 Å². The van der Waals surface area contributed by atoms with Crippen LogP contribution in [0.3, 0.4) is 0 Å². The van der Waals surface area contributed by atoms with Gasteiger partial charge >= 0.3 is 5.97 Å². The maximum absolute atomic E-state index is 13.8. The summed E-state index contributed by atoms with van der Waals surface area (Å²) in [7, 11) is 0. The smallest absolute Gasteiger partial charge is 0.303 e. The number of rotatable bonds is 16. The molecule has 3 rings (SSSR count). The largest absolute Gasteiger partial charge is 0.481 e. The number of carbonyl (C=O) groups excluding carboxylic acids is 1. The number of carboxylic acid groups (broad SMARTS) is 1. The zero-order valence-corrected chi connectivity index (χ0v) is 26.4. The Labute approximate surface area is 259 Å². The molecule has 0 bridgehead atoms. The molecule has 0 unspecified atom stereocenters. The lowest BCUT2D eigenvalue weighted by molar-refractivity contribution is -0.137. The van der Waals surface area contributed by atoms with Crippen molar-refractivity contribution in [1.29, 1.82) is 0 Å². The molecule has 43 heavy (non-hydrogen) atoms. The van der Waals surface area contributed by atoms with Crippen molar-refractivity contribution in [3.8, 4) is 0 Å². The lowest BCUT2D eigenvalue weighted by Crippen LogP contribution is -2.40. The fourth-order valence-corrected chi connectivity index (χ4v) is 6.58. The van der Waals surface area contributed by atoms with Gasteiger partial charge in [-0.2, -0.15) is 0 Å². The summed E-state index contributed by atoms with van der Waals surface area (Å²) < 4.78 is 54.2. The first-order valence-corrected chi connectivity index (χ1v) is 17.1. The van der Waals surface area contributed by atoms with Crippen LogP contribution in [0.2, 0.25) is 0 Å². The molecule has 1 aromatic rings. The second kappa shape index (κ2) is 21.6. The molecule has 244 valence electrons. The highest BCUT2D eigenvalue weighted by atomic mass is 32.2. The van der Waals surface area contributed by atoms with Gasteiger partial charge in [0.05, 0.1) is 4.90 Å². The molecular weight excluding hydrogens is 580 g/mol. The van der Waals surface area contributed by atoms with Gasteiger partial charge in [0, 0.05) is 42.8 Å². The summed E-state index contributed by atoms with van der Waals surface area (Å²) >= 11 is 0.488. The molecule has 2 fully saturated rings. The van der Waals surface area contributed by atoms with Crippen LogP contribution in [-0.2, 0) is 9.59 Å². The predicted octanol–water partition coefficient (Wildman–Crippen LogP) is 8.84. The predicted molar refractivity (Wildman–Crippen MR) is 165 cm³/mol. The Morgan fingerprint density at radius 2 is 1.49 bits per heavy atom. The zero-order valence-electron chi connectivity index (χ0n) is 25.6. The van der Waals surface area contributed by atoms with Crippen molar-refractivity contribution < 1.29 is 32.3 Å². The van der Waals surface area contributed by atoms with E-state index < -0.39 is 40.2 Å². The van der Waals surface area contributed by atoms with E-state index in [1.165, 1.54) is 64.2 Å². The van der Waals surface area contributed by atoms with Crippen LogP contribution >= 0.6 is 11.8 Å². The molecule has 0 heterocycles. The van der Waals surface area contributed by atoms with Gasteiger partial charge in [0.25, 0.3) is 0 Å². The van der Waals surface area contributed by atoms with E-state index in [0.717, 1.165) is 44.2 Å². The van der Waals surface area contributed by atoms with Crippen molar-refractivity contribution in [2.75, 3.05) is 5.75 Å². The summed E-state index contributed by atoms with van der Waals surface area (Å²) in [5, 5.41) is 15.3. The Morgan fingerprint density at radius 1 is 0.907 bits per heavy atom. The van der Waals surface area contributed by atoms with E-state index in [2.05, 4.69) is 17.6 Å². The second-order valence-corrected chi connectivity index (χ2v) is 12.7. The fourth-order valence-electron chi connectivity index (χ4n) is 5.51. The number of aliphatic carboxylic acids is 1. The second-order valence-electron chi connectivity index (χ2n) is 11.7. The lowest BCUT2D eigenvalue weighted by atomic mass is 9.91. The van der Waals surface area contributed by atoms with E-state index in [1.807, 2.05) is 6.08 Å². The quantitative estimate of drug-likeness (QED) is 0.0559. The molecule has 3 N–H and O–H groups in total. The number of unbranched alkanes of at least 4 members (excludes halogenated alkanes) is 4. The number of nitrogens with one attached hydrogen (secondary N) is 2. The van der Waals surface area contributed by atoms with Gasteiger partial charge < -0.3 is 15.7 Å². The van der Waals surface area contributed by atoms with Crippen LogP contribution in [0.1, 0.15) is 122 Å². The lowest BCUT2D eigenvalue weighted by Gasteiger charge is -2.30. The van der Waals surface area contributed by atoms with Crippen molar-refractivity contribution in [1.82, 2.24) is 10.6 Å². The number of allylic oxidation sites excluding steroid dienone is 1. The first-order chi connectivity index (χ1) is 20.7. The van der Waals surface area contributed by atoms with Crippen LogP contribution in [-0.4, -0.2) is 40.9 Å². The highest BCUT2D eigenvalue weighted by molar-refractivity contribution is 7.99. The summed E-state index contributed by atoms with van der Waals surface area (Å²) in [4.78, 5) is 22.1. The Bertz CT molecular complexity index is 957. The first kappa shape index (κ1) is 37.1. The van der Waals surface area contributed by atoms with Gasteiger partial charge in [0.15, 0.2) is 23.3 Å². The highest BCUT2D eigenvalue weighted by Gasteiger charge is 2.22. The molecule has 1 amide bonds. The van der Waals surface area contributed by atoms with E-state index in [1.54, 1.807) is 6.08 Å². The normalized spacial score (nSPS) is 17.0. The molecule has 0 spiro atoms. The minimum Gasteiger partial charge on any atom is -0.481 e. The molecule has 0 aliphatic heterocycles. The molecule has 2 aliphatic carbocycles. The van der Waals surface area contributed by atoms with E-state index >= 15 is 0 Å². The molecule has 0 saturated heterocycles. The van der Waals surface area contributed by atoms with Gasteiger partial charge in [-0.25, -0.2) is 17.6 Å². The minimum atomic E-state index is -1.52. The van der Waals surface area contributed by atoms with Crippen molar-refractivity contribution in [3.63, 3.8) is 0 Å². The Balaban J connectivity index is 0.000000407. The summed E-state index contributed by atoms with van der Waals surface area (Å²) in [6, 6.07) is 1.13. The average molecular weight is 631 g/mol. The van der Waals surface area contributed by atoms with Crippen LogP contribution in [0.5, 0.6) is 0 Å². The molecule has 0 radical (unpaired) electrons. The number of thioether (sulfide) groups is 1. The van der Waals surface area contributed by atoms with Gasteiger partial charge in [-0.1, -0.05) is 76.9 Å². The number of halogens is 4. The topological polar surface area (TPSA) is 78.4 Å². The Morgan fingerprint density at radius 3 is 2.02 bits per heavy atom. The van der Waals surface area contributed by atoms with Crippen LogP contribution in [0.4, 0.5) is 17.6 Å². The van der Waals surface area contributed by atoms with Gasteiger partial charge in [0.2, 0.25) is 5.91 Å². The van der Waals surface area contributed by atoms with Crippen LogP contribution in [0.15, 0.2) is 23.1 Å². The standard InChI is InChI=1S/C21H27F4NO3S.C12H23N/c1-2-3-4-5-6-7-8-9-17(27)26-14(10-11-18(28)29)13-30-21-19(24)15(22)12-16(23)20(21)25;1-3-7-11(8-4-1)13-12-9-5-2-6-10-12/h7-8,12,14H,2-6,9-11,13H2,1H3,(H,26,27)(H,28,29);11-13H,1-10H2/t14-;/m0./s1. The summed E-state index contributed by atoms with van der Waals surface area (Å²) in [5.41, 5.74) is 0. The molecule has 5 nitrogen and oxygen atoms in total. The average Bonchev–Trinajstić information content (AvgIpc) is 2.99. The van der Waals surface area contributed by atoms with Crippen molar-refractivity contribution in [2.45, 2.75) is 146 Å². The maximum atomic E-state index is 13.8. The number of carboxylic acids is 1. The molecule has 0 aromatic heterocycles. The SMILES string of the molecule is C1CCC(NC2CCCCC2)CC1.CCCCCCC=CCC(=O)N[C@@H](CCC(=O)O)CSc1c(F)c(F)cc(F)c1F. The maximum Gasteiger partial charge on any atom is 0.303 e. The van der Waals surface area contributed by atoms with E-state index in [0.29, 0.717) is 11.8 Å².